The van der Waals surface area contributed by atoms with E-state index in [-0.39, 0.29) is 16.8 Å². The molecule has 6 heteroatoms. The van der Waals surface area contributed by atoms with Crippen molar-refractivity contribution in [3.63, 3.8) is 0 Å². The van der Waals surface area contributed by atoms with Gasteiger partial charge in [-0.3, -0.25) is 4.79 Å². The van der Waals surface area contributed by atoms with Crippen LogP contribution in [0.4, 0.5) is 23.2 Å². The Hall–Kier alpha value is -2.37. The maximum atomic E-state index is 13.5. The standard InChI is InChI=1S/C15H11F4NO/c1-8-2-3-9(6-12(8)16)14(21)11-7-10(15(17,18)19)4-5-13(11)20/h2-7H,20H2,1H3. The molecule has 0 atom stereocenters. The van der Waals surface area contributed by atoms with Gasteiger partial charge in [0, 0.05) is 16.8 Å². The summed E-state index contributed by atoms with van der Waals surface area (Å²) in [6.07, 6.45) is -4.58. The van der Waals surface area contributed by atoms with Crippen LogP contribution in [-0.2, 0) is 6.18 Å². The summed E-state index contributed by atoms with van der Waals surface area (Å²) >= 11 is 0. The molecule has 0 aromatic heterocycles. The first-order valence-electron chi connectivity index (χ1n) is 5.97. The molecule has 2 rings (SSSR count). The van der Waals surface area contributed by atoms with Crippen molar-refractivity contribution in [3.8, 4) is 0 Å². The van der Waals surface area contributed by atoms with Crippen LogP contribution >= 0.6 is 0 Å². The lowest BCUT2D eigenvalue weighted by molar-refractivity contribution is -0.137. The van der Waals surface area contributed by atoms with Crippen molar-refractivity contribution in [2.24, 2.45) is 0 Å². The summed E-state index contributed by atoms with van der Waals surface area (Å²) in [6, 6.07) is 6.20. The maximum absolute atomic E-state index is 13.5. The normalized spacial score (nSPS) is 11.5. The Labute approximate surface area is 118 Å². The summed E-state index contributed by atoms with van der Waals surface area (Å²) in [6.45, 7) is 1.52. The highest BCUT2D eigenvalue weighted by Crippen LogP contribution is 2.32. The number of nitrogen functional groups attached to an aromatic ring is 1. The number of hydrogen-bond acceptors (Lipinski definition) is 2. The molecule has 0 amide bonds. The van der Waals surface area contributed by atoms with Crippen LogP contribution in [0.3, 0.4) is 0 Å². The average molecular weight is 297 g/mol. The number of nitrogens with two attached hydrogens (primary N) is 1. The minimum absolute atomic E-state index is 0.0517. The van der Waals surface area contributed by atoms with Crippen LogP contribution in [0.25, 0.3) is 0 Å². The molecule has 2 aromatic rings. The Morgan fingerprint density at radius 3 is 2.33 bits per heavy atom. The van der Waals surface area contributed by atoms with E-state index in [0.29, 0.717) is 11.6 Å². The average Bonchev–Trinajstić information content (AvgIpc) is 2.40. The van der Waals surface area contributed by atoms with Gasteiger partial charge in [-0.2, -0.15) is 13.2 Å². The van der Waals surface area contributed by atoms with E-state index in [4.69, 9.17) is 5.73 Å². The van der Waals surface area contributed by atoms with E-state index in [2.05, 4.69) is 0 Å². The molecule has 0 bridgehead atoms. The van der Waals surface area contributed by atoms with Crippen LogP contribution in [0.2, 0.25) is 0 Å². The molecule has 0 aliphatic rings. The quantitative estimate of drug-likeness (QED) is 0.518. The highest BCUT2D eigenvalue weighted by molar-refractivity contribution is 6.12. The molecule has 0 unspecified atom stereocenters. The van der Waals surface area contributed by atoms with Crippen molar-refractivity contribution in [3.05, 3.63) is 64.5 Å². The fraction of sp³-hybridized carbons (Fsp3) is 0.133. The Bertz CT molecular complexity index is 707. The zero-order chi connectivity index (χ0) is 15.8. The third kappa shape index (κ3) is 3.04. The van der Waals surface area contributed by atoms with E-state index < -0.39 is 23.3 Å². The minimum Gasteiger partial charge on any atom is -0.398 e. The summed E-state index contributed by atoms with van der Waals surface area (Å²) < 4.78 is 51.5. The molecule has 0 saturated carbocycles. The zero-order valence-electron chi connectivity index (χ0n) is 11.0. The second-order valence-electron chi connectivity index (χ2n) is 4.59. The molecule has 0 radical (unpaired) electrons. The Morgan fingerprint density at radius 1 is 1.10 bits per heavy atom. The number of carbonyl (C=O) groups excluding carboxylic acids is 1. The molecule has 0 spiro atoms. The predicted octanol–water partition coefficient (Wildman–Crippen LogP) is 3.97. The lowest BCUT2D eigenvalue weighted by Gasteiger charge is -2.11. The van der Waals surface area contributed by atoms with Crippen molar-refractivity contribution in [2.45, 2.75) is 13.1 Å². The predicted molar refractivity (Wildman–Crippen MR) is 70.4 cm³/mol. The van der Waals surface area contributed by atoms with Gasteiger partial charge in [-0.05, 0) is 36.8 Å². The number of benzene rings is 2. The second kappa shape index (κ2) is 5.20. The highest BCUT2D eigenvalue weighted by Gasteiger charge is 2.31. The van der Waals surface area contributed by atoms with Crippen LogP contribution in [0.1, 0.15) is 27.0 Å². The van der Waals surface area contributed by atoms with Crippen LogP contribution in [0.15, 0.2) is 36.4 Å². The molecule has 0 saturated heterocycles. The maximum Gasteiger partial charge on any atom is 0.416 e. The van der Waals surface area contributed by atoms with Crippen LogP contribution in [-0.4, -0.2) is 5.78 Å². The van der Waals surface area contributed by atoms with Gasteiger partial charge in [0.2, 0.25) is 0 Å². The fourth-order valence-electron chi connectivity index (χ4n) is 1.82. The third-order valence-corrected chi connectivity index (χ3v) is 3.06. The van der Waals surface area contributed by atoms with Crippen molar-refractivity contribution in [1.82, 2.24) is 0 Å². The van der Waals surface area contributed by atoms with Crippen molar-refractivity contribution in [2.75, 3.05) is 5.73 Å². The molecule has 0 aliphatic heterocycles. The summed E-state index contributed by atoms with van der Waals surface area (Å²) in [5.74, 6) is -1.36. The van der Waals surface area contributed by atoms with Crippen molar-refractivity contribution in [1.29, 1.82) is 0 Å². The summed E-state index contributed by atoms with van der Waals surface area (Å²) in [5.41, 5.74) is 4.48. The highest BCUT2D eigenvalue weighted by atomic mass is 19.4. The molecule has 110 valence electrons. The van der Waals surface area contributed by atoms with Gasteiger partial charge in [0.05, 0.1) is 5.56 Å². The first-order valence-corrected chi connectivity index (χ1v) is 5.97. The molecule has 2 N–H and O–H groups in total. The van der Waals surface area contributed by atoms with E-state index in [1.165, 1.54) is 19.1 Å². The largest absolute Gasteiger partial charge is 0.416 e. The second-order valence-corrected chi connectivity index (χ2v) is 4.59. The van der Waals surface area contributed by atoms with Gasteiger partial charge in [0.15, 0.2) is 5.78 Å². The lowest BCUT2D eigenvalue weighted by atomic mass is 9.98. The van der Waals surface area contributed by atoms with E-state index in [1.807, 2.05) is 0 Å². The molecule has 0 heterocycles. The third-order valence-electron chi connectivity index (χ3n) is 3.06. The summed E-state index contributed by atoms with van der Waals surface area (Å²) in [7, 11) is 0. The van der Waals surface area contributed by atoms with Crippen molar-refractivity contribution < 1.29 is 22.4 Å². The smallest absolute Gasteiger partial charge is 0.398 e. The number of hydrogen-bond donors (Lipinski definition) is 1. The Balaban J connectivity index is 2.50. The molecule has 0 aliphatic carbocycles. The number of rotatable bonds is 2. The van der Waals surface area contributed by atoms with Gasteiger partial charge < -0.3 is 5.73 Å². The van der Waals surface area contributed by atoms with Crippen LogP contribution < -0.4 is 5.73 Å². The number of alkyl halides is 3. The van der Waals surface area contributed by atoms with E-state index in [1.54, 1.807) is 0 Å². The molecule has 0 fully saturated rings. The summed E-state index contributed by atoms with van der Waals surface area (Å²) in [4.78, 5) is 12.2. The molecular weight excluding hydrogens is 286 g/mol. The van der Waals surface area contributed by atoms with Gasteiger partial charge in [-0.15, -0.1) is 0 Å². The lowest BCUT2D eigenvalue weighted by Crippen LogP contribution is -2.11. The Kier molecular flexibility index (Phi) is 3.72. The molecule has 21 heavy (non-hydrogen) atoms. The minimum atomic E-state index is -4.58. The monoisotopic (exact) mass is 297 g/mol. The number of carbonyl (C=O) groups is 1. The van der Waals surface area contributed by atoms with Gasteiger partial charge in [-0.25, -0.2) is 4.39 Å². The molecule has 2 nitrogen and oxygen atoms in total. The Morgan fingerprint density at radius 2 is 1.76 bits per heavy atom. The first kappa shape index (κ1) is 15.0. The fourth-order valence-corrected chi connectivity index (χ4v) is 1.82. The van der Waals surface area contributed by atoms with Crippen LogP contribution in [0.5, 0.6) is 0 Å². The van der Waals surface area contributed by atoms with Crippen LogP contribution in [0, 0.1) is 12.7 Å². The van der Waals surface area contributed by atoms with E-state index >= 15 is 0 Å². The SMILES string of the molecule is Cc1ccc(C(=O)c2cc(C(F)(F)F)ccc2N)cc1F. The van der Waals surface area contributed by atoms with E-state index in [9.17, 15) is 22.4 Å². The van der Waals surface area contributed by atoms with Crippen molar-refractivity contribution >= 4 is 11.5 Å². The van der Waals surface area contributed by atoms with Gasteiger partial charge in [0.1, 0.15) is 5.82 Å². The number of halogens is 4. The number of anilines is 1. The van der Waals surface area contributed by atoms with Gasteiger partial charge in [0.25, 0.3) is 0 Å². The zero-order valence-corrected chi connectivity index (χ0v) is 11.0. The first-order chi connectivity index (χ1) is 9.70. The number of aryl methyl sites for hydroxylation is 1. The molecule has 2 aromatic carbocycles. The van der Waals surface area contributed by atoms with E-state index in [0.717, 1.165) is 18.2 Å². The number of ketones is 1. The molecular formula is C15H11F4NO. The van der Waals surface area contributed by atoms with Gasteiger partial charge >= 0.3 is 6.18 Å². The summed E-state index contributed by atoms with van der Waals surface area (Å²) in [5, 5.41) is 0. The van der Waals surface area contributed by atoms with Gasteiger partial charge in [-0.1, -0.05) is 12.1 Å². The topological polar surface area (TPSA) is 43.1 Å².